The van der Waals surface area contributed by atoms with E-state index < -0.39 is 21.9 Å². The number of fused-ring (bicyclic) bond motifs is 1. The molecule has 1 aromatic heterocycles. The first-order valence-electron chi connectivity index (χ1n) is 7.85. The largest absolute Gasteiger partial charge is 0.462 e. The van der Waals surface area contributed by atoms with E-state index in [0.29, 0.717) is 9.82 Å². The molecule has 0 fully saturated rings. The molecule has 27 heavy (non-hydrogen) atoms. The molecule has 3 aromatic rings. The topological polar surface area (TPSA) is 107 Å². The highest BCUT2D eigenvalue weighted by Gasteiger charge is 2.27. The molecule has 0 aliphatic carbocycles. The molecule has 8 nitrogen and oxygen atoms in total. The molecule has 0 aliphatic rings. The highest BCUT2D eigenvalue weighted by atomic mass is 32.2. The Labute approximate surface area is 159 Å². The quantitative estimate of drug-likeness (QED) is 0.600. The van der Waals surface area contributed by atoms with Crippen molar-refractivity contribution in [3.05, 3.63) is 53.6 Å². The fourth-order valence-electron chi connectivity index (χ4n) is 2.46. The van der Waals surface area contributed by atoms with Gasteiger partial charge in [-0.15, -0.1) is 5.10 Å². The minimum atomic E-state index is -3.96. The van der Waals surface area contributed by atoms with Crippen LogP contribution >= 0.6 is 11.5 Å². The van der Waals surface area contributed by atoms with E-state index in [1.807, 2.05) is 0 Å². The minimum Gasteiger partial charge on any atom is -0.462 e. The Morgan fingerprint density at radius 2 is 1.93 bits per heavy atom. The van der Waals surface area contributed by atoms with Gasteiger partial charge in [-0.3, -0.25) is 4.79 Å². The number of aromatic nitrogens is 2. The Kier molecular flexibility index (Phi) is 5.19. The van der Waals surface area contributed by atoms with Crippen molar-refractivity contribution < 1.29 is 22.7 Å². The molecule has 0 saturated carbocycles. The maximum Gasteiger partial charge on any atom is 0.338 e. The van der Waals surface area contributed by atoms with Gasteiger partial charge in [0.15, 0.2) is 0 Å². The maximum absolute atomic E-state index is 13.0. The Balaban J connectivity index is 2.05. The van der Waals surface area contributed by atoms with Crippen molar-refractivity contribution in [3.8, 4) is 0 Å². The summed E-state index contributed by atoms with van der Waals surface area (Å²) in [4.78, 5) is 24.9. The number of nitrogens with zero attached hydrogens (tertiary/aromatic N) is 3. The summed E-state index contributed by atoms with van der Waals surface area (Å²) in [6.07, 6.45) is 0.921. The number of carbonyl (C=O) groups excluding carboxylic acids is 2. The van der Waals surface area contributed by atoms with Gasteiger partial charge in [0, 0.05) is 5.56 Å². The Hall–Kier alpha value is -2.85. The molecule has 140 valence electrons. The number of ether oxygens (including phenoxy) is 1. The lowest BCUT2D eigenvalue weighted by atomic mass is 10.1. The summed E-state index contributed by atoms with van der Waals surface area (Å²) < 4.78 is 34.8. The summed E-state index contributed by atoms with van der Waals surface area (Å²) in [7, 11) is -3.96. The summed E-state index contributed by atoms with van der Waals surface area (Å²) in [5.74, 6) is -1.36. The molecule has 0 atom stereocenters. The van der Waals surface area contributed by atoms with E-state index in [1.54, 1.807) is 13.0 Å². The zero-order valence-electron chi connectivity index (χ0n) is 14.4. The second-order valence-electron chi connectivity index (χ2n) is 5.56. The van der Waals surface area contributed by atoms with Crippen LogP contribution in [0.25, 0.3) is 10.2 Å². The lowest BCUT2D eigenvalue weighted by Crippen LogP contribution is -2.36. The molecule has 1 heterocycles. The van der Waals surface area contributed by atoms with Crippen LogP contribution in [0.15, 0.2) is 42.5 Å². The van der Waals surface area contributed by atoms with Crippen molar-refractivity contribution in [1.82, 2.24) is 9.59 Å². The molecule has 0 spiro atoms. The van der Waals surface area contributed by atoms with Crippen LogP contribution in [0.5, 0.6) is 0 Å². The molecule has 0 unspecified atom stereocenters. The van der Waals surface area contributed by atoms with Gasteiger partial charge in [-0.05, 0) is 54.9 Å². The molecule has 0 aliphatic heterocycles. The van der Waals surface area contributed by atoms with Gasteiger partial charge < -0.3 is 4.74 Å². The van der Waals surface area contributed by atoms with Crippen LogP contribution in [-0.2, 0) is 14.8 Å². The predicted molar refractivity (Wildman–Crippen MR) is 101 cm³/mol. The van der Waals surface area contributed by atoms with Gasteiger partial charge in [0.25, 0.3) is 5.91 Å². The zero-order chi connectivity index (χ0) is 19.6. The van der Waals surface area contributed by atoms with E-state index in [-0.39, 0.29) is 23.4 Å². The van der Waals surface area contributed by atoms with Crippen LogP contribution in [0.1, 0.15) is 27.6 Å². The first kappa shape index (κ1) is 18.9. The molecular formula is C17H15N3O5S2. The first-order valence-corrected chi connectivity index (χ1v) is 10.5. The molecule has 0 saturated heterocycles. The van der Waals surface area contributed by atoms with E-state index in [1.165, 1.54) is 47.9 Å². The average molecular weight is 405 g/mol. The molecular weight excluding hydrogens is 390 g/mol. The molecule has 0 bridgehead atoms. The van der Waals surface area contributed by atoms with Crippen molar-refractivity contribution in [2.24, 2.45) is 0 Å². The fourth-order valence-corrected chi connectivity index (χ4v) is 3.91. The summed E-state index contributed by atoms with van der Waals surface area (Å²) in [5.41, 5.74) is 0.834. The van der Waals surface area contributed by atoms with Gasteiger partial charge in [0.1, 0.15) is 5.52 Å². The number of carbonyl (C=O) groups is 2. The van der Waals surface area contributed by atoms with Gasteiger partial charge in [0.05, 0.1) is 28.8 Å². The van der Waals surface area contributed by atoms with Crippen LogP contribution in [0.3, 0.4) is 0 Å². The monoisotopic (exact) mass is 405 g/mol. The number of hydrogen-bond donors (Lipinski definition) is 0. The molecule has 10 heteroatoms. The highest BCUT2D eigenvalue weighted by Crippen LogP contribution is 2.24. The van der Waals surface area contributed by atoms with E-state index in [0.717, 1.165) is 11.0 Å². The molecule has 0 radical (unpaired) electrons. The van der Waals surface area contributed by atoms with Crippen LogP contribution < -0.4 is 4.31 Å². The summed E-state index contributed by atoms with van der Waals surface area (Å²) in [5, 5.41) is 3.90. The van der Waals surface area contributed by atoms with Gasteiger partial charge in [-0.1, -0.05) is 10.6 Å². The summed E-state index contributed by atoms with van der Waals surface area (Å²) in [6.45, 7) is 1.84. The SMILES string of the molecule is CCOC(=O)c1cccc(N(C(=O)c2ccc3snnc3c2)S(C)(=O)=O)c1. The van der Waals surface area contributed by atoms with Crippen LogP contribution in [-0.4, -0.2) is 42.7 Å². The van der Waals surface area contributed by atoms with E-state index in [4.69, 9.17) is 4.74 Å². The van der Waals surface area contributed by atoms with Crippen LogP contribution in [0.2, 0.25) is 0 Å². The highest BCUT2D eigenvalue weighted by molar-refractivity contribution is 7.92. The number of esters is 1. The van der Waals surface area contributed by atoms with Gasteiger partial charge in [0.2, 0.25) is 10.0 Å². The summed E-state index contributed by atoms with van der Waals surface area (Å²) in [6, 6.07) is 10.4. The molecule has 3 rings (SSSR count). The Morgan fingerprint density at radius 3 is 2.63 bits per heavy atom. The van der Waals surface area contributed by atoms with Crippen LogP contribution in [0, 0.1) is 0 Å². The fraction of sp³-hybridized carbons (Fsp3) is 0.176. The van der Waals surface area contributed by atoms with E-state index in [9.17, 15) is 18.0 Å². The third kappa shape index (κ3) is 3.96. The predicted octanol–water partition coefficient (Wildman–Crippen LogP) is 2.47. The third-order valence-corrected chi connectivity index (χ3v) is 5.35. The van der Waals surface area contributed by atoms with Crippen LogP contribution in [0.4, 0.5) is 5.69 Å². The van der Waals surface area contributed by atoms with Crippen molar-refractivity contribution in [3.63, 3.8) is 0 Å². The van der Waals surface area contributed by atoms with Gasteiger partial charge >= 0.3 is 5.97 Å². The lowest BCUT2D eigenvalue weighted by Gasteiger charge is -2.21. The molecule has 2 aromatic carbocycles. The average Bonchev–Trinajstić information content (AvgIpc) is 3.08. The van der Waals surface area contributed by atoms with Crippen molar-refractivity contribution in [2.45, 2.75) is 6.92 Å². The number of amides is 1. The Morgan fingerprint density at radius 1 is 1.15 bits per heavy atom. The number of hydrogen-bond acceptors (Lipinski definition) is 8. The summed E-state index contributed by atoms with van der Waals surface area (Å²) >= 11 is 1.17. The van der Waals surface area contributed by atoms with Crippen molar-refractivity contribution >= 4 is 49.3 Å². The number of anilines is 1. The first-order chi connectivity index (χ1) is 12.8. The Bertz CT molecular complexity index is 1120. The second-order valence-corrected chi connectivity index (χ2v) is 8.18. The van der Waals surface area contributed by atoms with E-state index in [2.05, 4.69) is 9.59 Å². The molecule has 1 amide bonds. The zero-order valence-corrected chi connectivity index (χ0v) is 16.1. The lowest BCUT2D eigenvalue weighted by molar-refractivity contribution is 0.0526. The second kappa shape index (κ2) is 7.41. The van der Waals surface area contributed by atoms with Gasteiger partial charge in [-0.25, -0.2) is 17.5 Å². The normalized spacial score (nSPS) is 11.3. The standard InChI is InChI=1S/C17H15N3O5S2/c1-3-25-17(22)12-5-4-6-13(9-12)20(27(2,23)24)16(21)11-7-8-15-14(10-11)18-19-26-15/h4-10H,3H2,1-2H3. The third-order valence-electron chi connectivity index (χ3n) is 3.60. The van der Waals surface area contributed by atoms with Gasteiger partial charge in [-0.2, -0.15) is 0 Å². The minimum absolute atomic E-state index is 0.0459. The number of benzene rings is 2. The van der Waals surface area contributed by atoms with Crippen molar-refractivity contribution in [2.75, 3.05) is 17.2 Å². The maximum atomic E-state index is 13.0. The van der Waals surface area contributed by atoms with E-state index >= 15 is 0 Å². The smallest absolute Gasteiger partial charge is 0.338 e. The number of rotatable bonds is 5. The number of sulfonamides is 1. The van der Waals surface area contributed by atoms with Crippen molar-refractivity contribution in [1.29, 1.82) is 0 Å². The molecule has 0 N–H and O–H groups in total.